The summed E-state index contributed by atoms with van der Waals surface area (Å²) in [4.78, 5) is 0. The number of hydrogen-bond donors (Lipinski definition) is 1. The monoisotopic (exact) mass is 271 g/mol. The third-order valence-electron chi connectivity index (χ3n) is 3.62. The average molecular weight is 271 g/mol. The SMILES string of the molecule is CCCNCCOCCc1c(C)ccc2ccccc12. The number of ether oxygens (including phenoxy) is 1. The molecule has 0 aliphatic rings. The molecule has 0 fully saturated rings. The van der Waals surface area contributed by atoms with Crippen LogP contribution in [0.15, 0.2) is 36.4 Å². The highest BCUT2D eigenvalue weighted by molar-refractivity contribution is 5.86. The summed E-state index contributed by atoms with van der Waals surface area (Å²) < 4.78 is 5.73. The minimum atomic E-state index is 0.794. The molecule has 0 spiro atoms. The van der Waals surface area contributed by atoms with E-state index in [-0.39, 0.29) is 0 Å². The second-order valence-corrected chi connectivity index (χ2v) is 5.19. The highest BCUT2D eigenvalue weighted by atomic mass is 16.5. The number of benzene rings is 2. The van der Waals surface area contributed by atoms with Crippen LogP contribution in [0.5, 0.6) is 0 Å². The predicted octanol–water partition coefficient (Wildman–Crippen LogP) is 3.71. The molecule has 0 atom stereocenters. The van der Waals surface area contributed by atoms with Crippen molar-refractivity contribution in [3.8, 4) is 0 Å². The highest BCUT2D eigenvalue weighted by Gasteiger charge is 2.04. The van der Waals surface area contributed by atoms with E-state index in [2.05, 4.69) is 55.6 Å². The van der Waals surface area contributed by atoms with Crippen molar-refractivity contribution in [1.82, 2.24) is 5.32 Å². The minimum Gasteiger partial charge on any atom is -0.380 e. The molecule has 0 saturated carbocycles. The van der Waals surface area contributed by atoms with Gasteiger partial charge in [0.05, 0.1) is 13.2 Å². The third kappa shape index (κ3) is 4.06. The second kappa shape index (κ2) is 8.03. The van der Waals surface area contributed by atoms with Crippen molar-refractivity contribution < 1.29 is 4.74 Å². The van der Waals surface area contributed by atoms with Gasteiger partial charge in [0.2, 0.25) is 0 Å². The Bertz CT molecular complexity index is 536. The van der Waals surface area contributed by atoms with Crippen LogP contribution in [0.2, 0.25) is 0 Å². The van der Waals surface area contributed by atoms with E-state index in [1.54, 1.807) is 0 Å². The molecule has 0 saturated heterocycles. The molecule has 1 N–H and O–H groups in total. The van der Waals surface area contributed by atoms with Crippen molar-refractivity contribution >= 4 is 10.8 Å². The second-order valence-electron chi connectivity index (χ2n) is 5.19. The van der Waals surface area contributed by atoms with Crippen molar-refractivity contribution in [2.24, 2.45) is 0 Å². The highest BCUT2D eigenvalue weighted by Crippen LogP contribution is 2.22. The first-order valence-corrected chi connectivity index (χ1v) is 7.58. The van der Waals surface area contributed by atoms with Gasteiger partial charge in [-0.3, -0.25) is 0 Å². The van der Waals surface area contributed by atoms with Gasteiger partial charge >= 0.3 is 0 Å². The summed E-state index contributed by atoms with van der Waals surface area (Å²) in [5, 5.41) is 6.03. The predicted molar refractivity (Wildman–Crippen MR) is 86.4 cm³/mol. The van der Waals surface area contributed by atoms with E-state index in [1.165, 1.54) is 28.3 Å². The van der Waals surface area contributed by atoms with Gasteiger partial charge in [0.15, 0.2) is 0 Å². The Morgan fingerprint density at radius 3 is 2.70 bits per heavy atom. The molecule has 0 radical (unpaired) electrons. The summed E-state index contributed by atoms with van der Waals surface area (Å²) >= 11 is 0. The van der Waals surface area contributed by atoms with Gasteiger partial charge in [-0.25, -0.2) is 0 Å². The Morgan fingerprint density at radius 2 is 1.85 bits per heavy atom. The van der Waals surface area contributed by atoms with Crippen LogP contribution < -0.4 is 5.32 Å². The molecule has 2 aromatic rings. The Kier molecular flexibility index (Phi) is 6.03. The van der Waals surface area contributed by atoms with E-state index in [4.69, 9.17) is 4.74 Å². The molecular weight excluding hydrogens is 246 g/mol. The van der Waals surface area contributed by atoms with E-state index in [0.29, 0.717) is 0 Å². The van der Waals surface area contributed by atoms with Gasteiger partial charge in [0.1, 0.15) is 0 Å². The lowest BCUT2D eigenvalue weighted by atomic mass is 9.98. The van der Waals surface area contributed by atoms with Gasteiger partial charge in [0.25, 0.3) is 0 Å². The largest absolute Gasteiger partial charge is 0.380 e. The van der Waals surface area contributed by atoms with Crippen molar-refractivity contribution in [3.63, 3.8) is 0 Å². The molecule has 2 nitrogen and oxygen atoms in total. The third-order valence-corrected chi connectivity index (χ3v) is 3.62. The summed E-state index contributed by atoms with van der Waals surface area (Å²) in [7, 11) is 0. The van der Waals surface area contributed by atoms with Crippen molar-refractivity contribution in [2.45, 2.75) is 26.7 Å². The molecule has 0 heterocycles. The number of hydrogen-bond acceptors (Lipinski definition) is 2. The van der Waals surface area contributed by atoms with Crippen molar-refractivity contribution in [1.29, 1.82) is 0 Å². The maximum absolute atomic E-state index is 5.73. The van der Waals surface area contributed by atoms with Gasteiger partial charge in [0, 0.05) is 6.54 Å². The van der Waals surface area contributed by atoms with Gasteiger partial charge in [-0.1, -0.05) is 43.3 Å². The standard InChI is InChI=1S/C18H25NO/c1-3-11-19-12-14-20-13-10-17-15(2)8-9-16-6-4-5-7-18(16)17/h4-9,19H,3,10-14H2,1-2H3. The van der Waals surface area contributed by atoms with Crippen LogP contribution in [0, 0.1) is 6.92 Å². The van der Waals surface area contributed by atoms with Gasteiger partial charge in [-0.15, -0.1) is 0 Å². The molecule has 2 aromatic carbocycles. The van der Waals surface area contributed by atoms with Crippen LogP contribution in [-0.2, 0) is 11.2 Å². The lowest BCUT2D eigenvalue weighted by molar-refractivity contribution is 0.139. The van der Waals surface area contributed by atoms with Crippen LogP contribution in [0.25, 0.3) is 10.8 Å². The molecule has 0 aliphatic carbocycles. The van der Waals surface area contributed by atoms with Gasteiger partial charge < -0.3 is 10.1 Å². The average Bonchev–Trinajstić information content (AvgIpc) is 2.48. The molecule has 0 bridgehead atoms. The van der Waals surface area contributed by atoms with Crippen LogP contribution in [0.4, 0.5) is 0 Å². The fourth-order valence-corrected chi connectivity index (χ4v) is 2.50. The fraction of sp³-hybridized carbons (Fsp3) is 0.444. The smallest absolute Gasteiger partial charge is 0.0591 e. The molecule has 2 heteroatoms. The fourth-order valence-electron chi connectivity index (χ4n) is 2.50. The summed E-state index contributed by atoms with van der Waals surface area (Å²) in [6.07, 6.45) is 2.16. The summed E-state index contributed by atoms with van der Waals surface area (Å²) in [5.41, 5.74) is 2.78. The molecule has 2 rings (SSSR count). The zero-order valence-electron chi connectivity index (χ0n) is 12.6. The summed E-state index contributed by atoms with van der Waals surface area (Å²) in [6.45, 7) is 7.97. The van der Waals surface area contributed by atoms with Crippen molar-refractivity contribution in [2.75, 3.05) is 26.3 Å². The number of fused-ring (bicyclic) bond motifs is 1. The Hall–Kier alpha value is -1.38. The quantitative estimate of drug-likeness (QED) is 0.739. The first-order chi connectivity index (χ1) is 9.83. The number of nitrogens with one attached hydrogen (secondary N) is 1. The molecule has 20 heavy (non-hydrogen) atoms. The number of rotatable bonds is 8. The molecular formula is C18H25NO. The van der Waals surface area contributed by atoms with E-state index in [0.717, 1.165) is 32.7 Å². The Balaban J connectivity index is 1.88. The molecule has 0 unspecified atom stereocenters. The topological polar surface area (TPSA) is 21.3 Å². The lowest BCUT2D eigenvalue weighted by Gasteiger charge is -2.11. The zero-order chi connectivity index (χ0) is 14.2. The lowest BCUT2D eigenvalue weighted by Crippen LogP contribution is -2.20. The molecule has 0 aromatic heterocycles. The van der Waals surface area contributed by atoms with E-state index < -0.39 is 0 Å². The van der Waals surface area contributed by atoms with Crippen LogP contribution >= 0.6 is 0 Å². The van der Waals surface area contributed by atoms with E-state index in [1.807, 2.05) is 0 Å². The maximum Gasteiger partial charge on any atom is 0.0591 e. The van der Waals surface area contributed by atoms with Crippen LogP contribution in [0.1, 0.15) is 24.5 Å². The summed E-state index contributed by atoms with van der Waals surface area (Å²) in [6, 6.07) is 13.0. The summed E-state index contributed by atoms with van der Waals surface area (Å²) in [5.74, 6) is 0. The first-order valence-electron chi connectivity index (χ1n) is 7.58. The minimum absolute atomic E-state index is 0.794. The molecule has 108 valence electrons. The normalized spacial score (nSPS) is 11.1. The van der Waals surface area contributed by atoms with E-state index >= 15 is 0 Å². The Morgan fingerprint density at radius 1 is 1.00 bits per heavy atom. The van der Waals surface area contributed by atoms with E-state index in [9.17, 15) is 0 Å². The van der Waals surface area contributed by atoms with Gasteiger partial charge in [-0.05, 0) is 48.2 Å². The zero-order valence-corrected chi connectivity index (χ0v) is 12.6. The first kappa shape index (κ1) is 15.0. The number of aryl methyl sites for hydroxylation is 1. The van der Waals surface area contributed by atoms with Crippen molar-refractivity contribution in [3.05, 3.63) is 47.5 Å². The van der Waals surface area contributed by atoms with Crippen LogP contribution in [0.3, 0.4) is 0 Å². The Labute approximate surface area is 122 Å². The maximum atomic E-state index is 5.73. The van der Waals surface area contributed by atoms with Gasteiger partial charge in [-0.2, -0.15) is 0 Å². The molecule has 0 amide bonds. The molecule has 0 aliphatic heterocycles. The van der Waals surface area contributed by atoms with Crippen LogP contribution in [-0.4, -0.2) is 26.3 Å².